The summed E-state index contributed by atoms with van der Waals surface area (Å²) in [6, 6.07) is 9.58. The van der Waals surface area contributed by atoms with Crippen LogP contribution in [0.4, 0.5) is 5.82 Å². The Kier molecular flexibility index (Phi) is 3.85. The highest BCUT2D eigenvalue weighted by Crippen LogP contribution is 2.50. The zero-order valence-corrected chi connectivity index (χ0v) is 17.0. The number of hydrogen-bond donors (Lipinski definition) is 1. The van der Waals surface area contributed by atoms with Crippen LogP contribution in [0.25, 0.3) is 22.6 Å². The van der Waals surface area contributed by atoms with Crippen molar-refractivity contribution < 1.29 is 14.2 Å². The molecule has 1 aliphatic carbocycles. The number of nitrogen functional groups attached to an aromatic ring is 1. The number of halogens is 1. The largest absolute Gasteiger partial charge is 0.451 e. The first-order valence-electron chi connectivity index (χ1n) is 10.0. The van der Waals surface area contributed by atoms with E-state index in [1.807, 2.05) is 30.3 Å². The average molecular weight is 437 g/mol. The summed E-state index contributed by atoms with van der Waals surface area (Å²) in [4.78, 5) is 21.2. The van der Waals surface area contributed by atoms with Gasteiger partial charge in [-0.2, -0.15) is 0 Å². The van der Waals surface area contributed by atoms with Gasteiger partial charge < -0.3 is 15.0 Å². The Hall–Kier alpha value is -3.46. The van der Waals surface area contributed by atoms with Gasteiger partial charge in [0.2, 0.25) is 0 Å². The van der Waals surface area contributed by atoms with Crippen molar-refractivity contribution in [2.45, 2.75) is 37.3 Å². The van der Waals surface area contributed by atoms with Crippen molar-refractivity contribution in [2.24, 2.45) is 0 Å². The predicted octanol–water partition coefficient (Wildman–Crippen LogP) is 3.90. The van der Waals surface area contributed by atoms with Gasteiger partial charge in [-0.05, 0) is 48.1 Å². The minimum Gasteiger partial charge on any atom is -0.451 e. The molecular formula is C21H17ClN6O3. The van der Waals surface area contributed by atoms with E-state index in [-0.39, 0.29) is 17.8 Å². The molecule has 1 fully saturated rings. The normalized spacial score (nSPS) is 22.7. The lowest BCUT2D eigenvalue weighted by Crippen LogP contribution is -2.33. The molecule has 1 saturated carbocycles. The number of aromatic nitrogens is 5. The summed E-state index contributed by atoms with van der Waals surface area (Å²) in [5, 5.41) is 7.95. The van der Waals surface area contributed by atoms with Crippen LogP contribution >= 0.6 is 11.6 Å². The molecule has 1 spiro atoms. The molecule has 4 aromatic rings. The van der Waals surface area contributed by atoms with Crippen molar-refractivity contribution in [3.63, 3.8) is 0 Å². The lowest BCUT2D eigenvalue weighted by atomic mass is 9.77. The third-order valence-corrected chi connectivity index (χ3v) is 6.62. The van der Waals surface area contributed by atoms with Crippen molar-refractivity contribution in [2.75, 3.05) is 5.73 Å². The van der Waals surface area contributed by atoms with Gasteiger partial charge >= 0.3 is 5.97 Å². The molecule has 156 valence electrons. The smallest absolute Gasteiger partial charge is 0.339 e. The Morgan fingerprint density at radius 3 is 2.74 bits per heavy atom. The number of nitrogens with two attached hydrogens (primary N) is 1. The Morgan fingerprint density at radius 2 is 1.97 bits per heavy atom. The van der Waals surface area contributed by atoms with Crippen LogP contribution in [-0.4, -0.2) is 30.8 Å². The van der Waals surface area contributed by atoms with E-state index in [4.69, 9.17) is 26.7 Å². The second kappa shape index (κ2) is 6.52. The Labute approximate surface area is 181 Å². The van der Waals surface area contributed by atoms with Crippen LogP contribution in [0.2, 0.25) is 5.15 Å². The number of benzene rings is 1. The Morgan fingerprint density at radius 1 is 1.16 bits per heavy atom. The minimum absolute atomic E-state index is 0.0756. The van der Waals surface area contributed by atoms with Crippen LogP contribution < -0.4 is 5.73 Å². The van der Waals surface area contributed by atoms with Crippen LogP contribution in [0.5, 0.6) is 0 Å². The lowest BCUT2D eigenvalue weighted by Gasteiger charge is -2.37. The number of imidazole rings is 1. The molecular weight excluding hydrogens is 420 g/mol. The summed E-state index contributed by atoms with van der Waals surface area (Å²) in [6.45, 7) is 0. The number of hydrogen-bond acceptors (Lipinski definition) is 8. The third kappa shape index (κ3) is 2.59. The fourth-order valence-electron chi connectivity index (χ4n) is 4.92. The van der Waals surface area contributed by atoms with Gasteiger partial charge in [-0.25, -0.2) is 19.4 Å². The molecule has 10 heteroatoms. The summed E-state index contributed by atoms with van der Waals surface area (Å²) < 4.78 is 12.8. The summed E-state index contributed by atoms with van der Waals surface area (Å²) in [7, 11) is 0. The molecule has 1 aliphatic heterocycles. The summed E-state index contributed by atoms with van der Waals surface area (Å²) in [6.07, 6.45) is 4.59. The average Bonchev–Trinajstić information content (AvgIpc) is 3.45. The van der Waals surface area contributed by atoms with E-state index in [2.05, 4.69) is 24.8 Å². The van der Waals surface area contributed by atoms with Gasteiger partial charge in [0.25, 0.3) is 0 Å². The highest BCUT2D eigenvalue weighted by Gasteiger charge is 2.48. The molecule has 2 aliphatic rings. The fraction of sp³-hybridized carbons (Fsp3) is 0.286. The number of pyridine rings is 1. The number of nitrogens with zero attached hydrogens (tertiary/aromatic N) is 5. The maximum absolute atomic E-state index is 12.4. The van der Waals surface area contributed by atoms with Crippen LogP contribution in [0, 0.1) is 0 Å². The molecule has 0 unspecified atom stereocenters. The van der Waals surface area contributed by atoms with E-state index < -0.39 is 5.60 Å². The van der Waals surface area contributed by atoms with E-state index in [0.29, 0.717) is 40.6 Å². The summed E-state index contributed by atoms with van der Waals surface area (Å²) >= 11 is 6.32. The highest BCUT2D eigenvalue weighted by molar-refractivity contribution is 6.33. The third-order valence-electron chi connectivity index (χ3n) is 6.34. The number of fused-ring (bicyclic) bond motifs is 3. The summed E-state index contributed by atoms with van der Waals surface area (Å²) in [5.41, 5.74) is 8.80. The minimum atomic E-state index is -0.575. The fourth-order valence-corrected chi connectivity index (χ4v) is 5.12. The zero-order valence-electron chi connectivity index (χ0n) is 16.3. The van der Waals surface area contributed by atoms with Crippen molar-refractivity contribution in [3.8, 4) is 11.5 Å². The molecule has 9 nitrogen and oxygen atoms in total. The van der Waals surface area contributed by atoms with Gasteiger partial charge in [0.15, 0.2) is 22.5 Å². The first-order valence-corrected chi connectivity index (χ1v) is 10.4. The van der Waals surface area contributed by atoms with Crippen LogP contribution in [0.3, 0.4) is 0 Å². The van der Waals surface area contributed by atoms with E-state index in [1.165, 1.54) is 0 Å². The molecule has 31 heavy (non-hydrogen) atoms. The van der Waals surface area contributed by atoms with Crippen LogP contribution in [0.1, 0.15) is 47.6 Å². The molecule has 4 heterocycles. The van der Waals surface area contributed by atoms with Crippen molar-refractivity contribution in [3.05, 3.63) is 52.8 Å². The van der Waals surface area contributed by atoms with Crippen molar-refractivity contribution >= 4 is 34.4 Å². The molecule has 2 N–H and O–H groups in total. The lowest BCUT2D eigenvalue weighted by molar-refractivity contribution is -0.0344. The summed E-state index contributed by atoms with van der Waals surface area (Å²) in [5.74, 6) is 0.446. The van der Waals surface area contributed by atoms with Crippen molar-refractivity contribution in [1.82, 2.24) is 24.8 Å². The van der Waals surface area contributed by atoms with Gasteiger partial charge in [-0.1, -0.05) is 29.8 Å². The van der Waals surface area contributed by atoms with E-state index in [1.54, 1.807) is 6.20 Å². The number of anilines is 1. The van der Waals surface area contributed by atoms with E-state index in [0.717, 1.165) is 23.9 Å². The van der Waals surface area contributed by atoms with Gasteiger partial charge in [0.05, 0.1) is 11.1 Å². The van der Waals surface area contributed by atoms with Gasteiger partial charge in [0.1, 0.15) is 11.1 Å². The zero-order chi connectivity index (χ0) is 21.2. The predicted molar refractivity (Wildman–Crippen MR) is 111 cm³/mol. The molecule has 3 aromatic heterocycles. The van der Waals surface area contributed by atoms with E-state index >= 15 is 0 Å². The van der Waals surface area contributed by atoms with Gasteiger partial charge in [-0.3, -0.25) is 0 Å². The first-order chi connectivity index (χ1) is 15.1. The molecule has 0 atom stereocenters. The number of ether oxygens (including phenoxy) is 1. The second-order valence-corrected chi connectivity index (χ2v) is 8.29. The SMILES string of the molecule is Nc1nonc1-c1nc2c(Cl)nccc2n1C1CCC2(CC1)OC(=O)c1ccccc12. The van der Waals surface area contributed by atoms with Gasteiger partial charge in [0, 0.05) is 17.8 Å². The molecule has 6 rings (SSSR count). The monoisotopic (exact) mass is 436 g/mol. The number of carbonyl (C=O) groups is 1. The van der Waals surface area contributed by atoms with Crippen LogP contribution in [0.15, 0.2) is 41.2 Å². The first kappa shape index (κ1) is 18.3. The van der Waals surface area contributed by atoms with Crippen molar-refractivity contribution in [1.29, 1.82) is 0 Å². The van der Waals surface area contributed by atoms with E-state index in [9.17, 15) is 4.79 Å². The molecule has 0 amide bonds. The Bertz CT molecular complexity index is 1340. The second-order valence-electron chi connectivity index (χ2n) is 7.93. The maximum Gasteiger partial charge on any atom is 0.339 e. The van der Waals surface area contributed by atoms with Gasteiger partial charge in [-0.15, -0.1) is 0 Å². The highest BCUT2D eigenvalue weighted by atomic mass is 35.5. The molecule has 1 aromatic carbocycles. The van der Waals surface area contributed by atoms with Crippen LogP contribution in [-0.2, 0) is 10.3 Å². The molecule has 0 bridgehead atoms. The number of rotatable bonds is 2. The molecule has 0 saturated heterocycles. The quantitative estimate of drug-likeness (QED) is 0.371. The topological polar surface area (TPSA) is 122 Å². The Balaban J connectivity index is 1.42. The maximum atomic E-state index is 12.4. The number of esters is 1. The molecule has 0 radical (unpaired) electrons. The standard InChI is InChI=1S/C21H17ClN6O3/c22-17-15-14(7-10-24-17)28(19(25-15)16-18(23)27-31-26-16)11-5-8-21(9-6-11)13-4-2-1-3-12(13)20(29)30-21/h1-4,7,10-11H,5-6,8-9H2,(H2,23,27). The number of carbonyl (C=O) groups excluding carboxylic acids is 1.